The smallest absolute Gasteiger partial charge is 0.418 e. The fourth-order valence-corrected chi connectivity index (χ4v) is 3.22. The molecule has 1 aromatic carbocycles. The highest BCUT2D eigenvalue weighted by molar-refractivity contribution is 5.80. The van der Waals surface area contributed by atoms with Gasteiger partial charge < -0.3 is 4.74 Å². The zero-order valence-corrected chi connectivity index (χ0v) is 15.0. The minimum atomic E-state index is -4.77. The van der Waals surface area contributed by atoms with Crippen LogP contribution in [0.5, 0.6) is 0 Å². The van der Waals surface area contributed by atoms with Crippen molar-refractivity contribution in [2.75, 3.05) is 6.61 Å². The quantitative estimate of drug-likeness (QED) is 0.465. The second kappa shape index (κ2) is 8.06. The number of carbonyl (C=O) groups is 1. The van der Waals surface area contributed by atoms with Crippen molar-refractivity contribution in [1.29, 1.82) is 0 Å². The number of hydrogen-bond acceptors (Lipinski definition) is 2. The van der Waals surface area contributed by atoms with E-state index in [0.29, 0.717) is 12.0 Å². The second-order valence-electron chi connectivity index (χ2n) is 6.44. The number of hydrogen-bond donors (Lipinski definition) is 0. The molecular weight excluding hydrogens is 348 g/mol. The molecule has 0 fully saturated rings. The van der Waals surface area contributed by atoms with Crippen molar-refractivity contribution in [2.24, 2.45) is 5.92 Å². The standard InChI is InChI=1S/C20H22F4O2/c1-4-10-26-17(25)9-8-14-15(11-16(19(14)21)20(22,23)24)18-12(2)6-5-7-13(18)3/h5-7,11,14H,4,8-10H2,1-3H3. The van der Waals surface area contributed by atoms with Gasteiger partial charge in [0.1, 0.15) is 5.83 Å². The molecule has 1 aliphatic carbocycles. The third-order valence-electron chi connectivity index (χ3n) is 4.42. The van der Waals surface area contributed by atoms with Crippen LogP contribution < -0.4 is 0 Å². The Morgan fingerprint density at radius 3 is 2.35 bits per heavy atom. The predicted molar refractivity (Wildman–Crippen MR) is 92.1 cm³/mol. The predicted octanol–water partition coefficient (Wildman–Crippen LogP) is 5.84. The molecule has 0 saturated carbocycles. The lowest BCUT2D eigenvalue weighted by Crippen LogP contribution is -2.12. The minimum Gasteiger partial charge on any atom is -0.466 e. The molecule has 2 nitrogen and oxygen atoms in total. The molecule has 0 bridgehead atoms. The first-order valence-corrected chi connectivity index (χ1v) is 8.57. The number of esters is 1. The maximum atomic E-state index is 14.6. The Labute approximate surface area is 150 Å². The van der Waals surface area contributed by atoms with Crippen LogP contribution in [0.3, 0.4) is 0 Å². The number of rotatable bonds is 6. The monoisotopic (exact) mass is 370 g/mol. The topological polar surface area (TPSA) is 26.3 Å². The molecule has 0 amide bonds. The number of aryl methyl sites for hydroxylation is 2. The van der Waals surface area contributed by atoms with E-state index in [9.17, 15) is 22.4 Å². The van der Waals surface area contributed by atoms with Gasteiger partial charge in [0.2, 0.25) is 0 Å². The van der Waals surface area contributed by atoms with Crippen molar-refractivity contribution in [2.45, 2.75) is 46.2 Å². The van der Waals surface area contributed by atoms with Crippen LogP contribution in [-0.2, 0) is 9.53 Å². The van der Waals surface area contributed by atoms with Gasteiger partial charge in [-0.15, -0.1) is 0 Å². The van der Waals surface area contributed by atoms with Crippen molar-refractivity contribution in [3.63, 3.8) is 0 Å². The molecule has 0 N–H and O–H groups in total. The summed E-state index contributed by atoms with van der Waals surface area (Å²) in [4.78, 5) is 11.7. The molecular formula is C20H22F4O2. The minimum absolute atomic E-state index is 0.0619. The third kappa shape index (κ3) is 4.34. The van der Waals surface area contributed by atoms with E-state index < -0.39 is 29.5 Å². The van der Waals surface area contributed by atoms with E-state index in [2.05, 4.69) is 0 Å². The maximum Gasteiger partial charge on any atom is 0.418 e. The van der Waals surface area contributed by atoms with Crippen LogP contribution in [0.25, 0.3) is 5.57 Å². The van der Waals surface area contributed by atoms with Gasteiger partial charge in [0.15, 0.2) is 0 Å². The van der Waals surface area contributed by atoms with Crippen LogP contribution >= 0.6 is 0 Å². The maximum absolute atomic E-state index is 14.6. The lowest BCUT2D eigenvalue weighted by Gasteiger charge is -2.19. The molecule has 0 spiro atoms. The van der Waals surface area contributed by atoms with E-state index in [1.807, 2.05) is 6.92 Å². The summed E-state index contributed by atoms with van der Waals surface area (Å²) < 4.78 is 59.2. The summed E-state index contributed by atoms with van der Waals surface area (Å²) >= 11 is 0. The number of alkyl halides is 3. The highest BCUT2D eigenvalue weighted by atomic mass is 19.4. The van der Waals surface area contributed by atoms with Gasteiger partial charge >= 0.3 is 12.1 Å². The SMILES string of the molecule is CCCOC(=O)CCC1C(c2c(C)cccc2C)=CC(C(F)(F)F)=C1F. The van der Waals surface area contributed by atoms with E-state index >= 15 is 0 Å². The number of allylic oxidation sites excluding steroid dienone is 4. The van der Waals surface area contributed by atoms with Gasteiger partial charge in [-0.05, 0) is 55.0 Å². The molecule has 142 valence electrons. The van der Waals surface area contributed by atoms with E-state index in [0.717, 1.165) is 17.2 Å². The molecule has 0 saturated heterocycles. The van der Waals surface area contributed by atoms with Gasteiger partial charge in [0.25, 0.3) is 0 Å². The fourth-order valence-electron chi connectivity index (χ4n) is 3.22. The second-order valence-corrected chi connectivity index (χ2v) is 6.44. The van der Waals surface area contributed by atoms with Crippen molar-refractivity contribution >= 4 is 11.5 Å². The summed E-state index contributed by atoms with van der Waals surface area (Å²) in [5.41, 5.74) is 1.15. The van der Waals surface area contributed by atoms with Crippen molar-refractivity contribution < 1.29 is 27.1 Å². The van der Waals surface area contributed by atoms with Gasteiger partial charge in [-0.1, -0.05) is 25.1 Å². The van der Waals surface area contributed by atoms with Crippen molar-refractivity contribution in [3.8, 4) is 0 Å². The Morgan fingerprint density at radius 1 is 1.19 bits per heavy atom. The molecule has 26 heavy (non-hydrogen) atoms. The molecule has 1 aliphatic rings. The molecule has 6 heteroatoms. The average Bonchev–Trinajstić information content (AvgIpc) is 2.87. The lowest BCUT2D eigenvalue weighted by atomic mass is 9.86. The number of carbonyl (C=O) groups excluding carboxylic acids is 1. The van der Waals surface area contributed by atoms with E-state index in [-0.39, 0.29) is 25.0 Å². The number of ether oxygens (including phenoxy) is 1. The van der Waals surface area contributed by atoms with E-state index in [4.69, 9.17) is 4.74 Å². The van der Waals surface area contributed by atoms with Crippen molar-refractivity contribution in [3.05, 3.63) is 52.4 Å². The number of benzene rings is 1. The number of halogens is 4. The van der Waals surface area contributed by atoms with Gasteiger partial charge in [0, 0.05) is 12.3 Å². The molecule has 0 aromatic heterocycles. The first kappa shape index (κ1) is 20.2. The van der Waals surface area contributed by atoms with E-state index in [1.165, 1.54) is 0 Å². The zero-order valence-electron chi connectivity index (χ0n) is 15.0. The Morgan fingerprint density at radius 2 is 1.81 bits per heavy atom. The van der Waals surface area contributed by atoms with E-state index in [1.54, 1.807) is 32.0 Å². The third-order valence-corrected chi connectivity index (χ3v) is 4.42. The van der Waals surface area contributed by atoms with Crippen LogP contribution in [0.2, 0.25) is 0 Å². The molecule has 0 aliphatic heterocycles. The summed E-state index contributed by atoms with van der Waals surface area (Å²) in [7, 11) is 0. The molecule has 1 atom stereocenters. The molecule has 0 radical (unpaired) electrons. The average molecular weight is 370 g/mol. The lowest BCUT2D eigenvalue weighted by molar-refractivity contribution is -0.143. The fraction of sp³-hybridized carbons (Fsp3) is 0.450. The summed E-state index contributed by atoms with van der Waals surface area (Å²) in [6, 6.07) is 5.35. The first-order chi connectivity index (χ1) is 12.2. The van der Waals surface area contributed by atoms with Crippen LogP contribution in [0.1, 0.15) is 42.9 Å². The first-order valence-electron chi connectivity index (χ1n) is 8.57. The Hall–Kier alpha value is -2.11. The van der Waals surface area contributed by atoms with Gasteiger partial charge in [-0.3, -0.25) is 4.79 Å². The van der Waals surface area contributed by atoms with Crippen molar-refractivity contribution in [1.82, 2.24) is 0 Å². The van der Waals surface area contributed by atoms with Gasteiger partial charge in [-0.25, -0.2) is 4.39 Å². The Balaban J connectivity index is 2.36. The van der Waals surface area contributed by atoms with Gasteiger partial charge in [0.05, 0.1) is 12.2 Å². The van der Waals surface area contributed by atoms with Crippen LogP contribution in [0.15, 0.2) is 35.7 Å². The van der Waals surface area contributed by atoms with Gasteiger partial charge in [-0.2, -0.15) is 13.2 Å². The van der Waals surface area contributed by atoms with Crippen LogP contribution in [0.4, 0.5) is 17.6 Å². The Bertz CT molecular complexity index is 724. The summed E-state index contributed by atoms with van der Waals surface area (Å²) in [6.45, 7) is 5.64. The molecule has 2 rings (SSSR count). The highest BCUT2D eigenvalue weighted by Crippen LogP contribution is 2.47. The normalized spacial score (nSPS) is 17.5. The molecule has 0 heterocycles. The van der Waals surface area contributed by atoms with Crippen LogP contribution in [0, 0.1) is 19.8 Å². The summed E-state index contributed by atoms with van der Waals surface area (Å²) in [5, 5.41) is 0. The Kier molecular flexibility index (Phi) is 6.26. The summed E-state index contributed by atoms with van der Waals surface area (Å²) in [6.07, 6.45) is -3.44. The molecule has 1 aromatic rings. The van der Waals surface area contributed by atoms with Crippen LogP contribution in [-0.4, -0.2) is 18.8 Å². The summed E-state index contributed by atoms with van der Waals surface area (Å²) in [5.74, 6) is -2.85. The zero-order chi connectivity index (χ0) is 19.5. The highest BCUT2D eigenvalue weighted by Gasteiger charge is 2.43. The molecule has 1 unspecified atom stereocenters. The largest absolute Gasteiger partial charge is 0.466 e.